The van der Waals surface area contributed by atoms with Gasteiger partial charge in [0.1, 0.15) is 0 Å². The van der Waals surface area contributed by atoms with Crippen molar-refractivity contribution in [3.63, 3.8) is 0 Å². The number of thiazole rings is 1. The molecule has 0 aliphatic heterocycles. The third-order valence-electron chi connectivity index (χ3n) is 3.97. The van der Waals surface area contributed by atoms with Crippen molar-refractivity contribution in [1.29, 1.82) is 0 Å². The molecule has 3 amide bonds. The van der Waals surface area contributed by atoms with Crippen LogP contribution in [0.2, 0.25) is 0 Å². The van der Waals surface area contributed by atoms with Gasteiger partial charge in [0.05, 0.1) is 11.4 Å². The number of benzene rings is 2. The Morgan fingerprint density at radius 1 is 1.00 bits per heavy atom. The summed E-state index contributed by atoms with van der Waals surface area (Å²) < 4.78 is 18.7. The molecule has 3 aromatic rings. The van der Waals surface area contributed by atoms with E-state index in [-0.39, 0.29) is 29.9 Å². The number of nitrogens with zero attached hydrogens (tertiary/aromatic N) is 1. The quantitative estimate of drug-likeness (QED) is 0.396. The molecule has 0 fully saturated rings. The highest BCUT2D eigenvalue weighted by Crippen LogP contribution is 2.21. The lowest BCUT2D eigenvalue weighted by Gasteiger charge is -2.07. The van der Waals surface area contributed by atoms with Crippen LogP contribution in [-0.2, 0) is 20.1 Å². The number of rotatable bonds is 10. The molecule has 11 heteroatoms. The van der Waals surface area contributed by atoms with E-state index in [0.29, 0.717) is 22.3 Å². The predicted molar refractivity (Wildman–Crippen MR) is 128 cm³/mol. The predicted octanol–water partition coefficient (Wildman–Crippen LogP) is 4.13. The van der Waals surface area contributed by atoms with Crippen molar-refractivity contribution >= 4 is 57.3 Å². The summed E-state index contributed by atoms with van der Waals surface area (Å²) in [6.07, 6.45) is 0. The van der Waals surface area contributed by atoms with Gasteiger partial charge in [-0.1, -0.05) is 12.1 Å². The van der Waals surface area contributed by atoms with Gasteiger partial charge in [-0.25, -0.2) is 9.37 Å². The maximum Gasteiger partial charge on any atom is 0.264 e. The Bertz CT molecular complexity index is 1120. The van der Waals surface area contributed by atoms with Crippen molar-refractivity contribution in [2.24, 2.45) is 0 Å². The normalized spacial score (nSPS) is 10.4. The molecule has 0 unspecified atom stereocenters. The highest BCUT2D eigenvalue weighted by molar-refractivity contribution is 7.99. The molecule has 3 N–H and O–H groups in total. The Morgan fingerprint density at radius 2 is 1.70 bits per heavy atom. The lowest BCUT2D eigenvalue weighted by Crippen LogP contribution is -2.20. The fourth-order valence-corrected chi connectivity index (χ4v) is 4.13. The Hall–Kier alpha value is -3.44. The SMILES string of the molecule is CC(=O)Nc1ccc(NC(=O)CSCc2csc(NC(=O)COc3ccccc3F)n2)cc1. The van der Waals surface area contributed by atoms with Gasteiger partial charge in [-0.05, 0) is 36.4 Å². The number of thioether (sulfide) groups is 1. The van der Waals surface area contributed by atoms with E-state index in [2.05, 4.69) is 20.9 Å². The molecule has 1 aromatic heterocycles. The van der Waals surface area contributed by atoms with Crippen LogP contribution in [-0.4, -0.2) is 35.1 Å². The van der Waals surface area contributed by atoms with E-state index in [9.17, 15) is 18.8 Å². The lowest BCUT2D eigenvalue weighted by molar-refractivity contribution is -0.118. The molecule has 0 atom stereocenters. The molecule has 1 heterocycles. The molecule has 0 spiro atoms. The number of carbonyl (C=O) groups is 3. The zero-order chi connectivity index (χ0) is 23.6. The molecule has 0 saturated carbocycles. The Morgan fingerprint density at radius 3 is 2.39 bits per heavy atom. The van der Waals surface area contributed by atoms with Gasteiger partial charge in [0.2, 0.25) is 11.8 Å². The molecular formula is C22H21FN4O4S2. The minimum atomic E-state index is -0.537. The highest BCUT2D eigenvalue weighted by atomic mass is 32.2. The minimum Gasteiger partial charge on any atom is -0.481 e. The average Bonchev–Trinajstić information content (AvgIpc) is 3.21. The molecule has 8 nitrogen and oxygen atoms in total. The molecule has 0 aliphatic rings. The van der Waals surface area contributed by atoms with E-state index in [1.54, 1.807) is 35.7 Å². The summed E-state index contributed by atoms with van der Waals surface area (Å²) in [5, 5.41) is 10.2. The second-order valence-electron chi connectivity index (χ2n) is 6.71. The minimum absolute atomic E-state index is 0.00539. The Balaban J connectivity index is 1.37. The van der Waals surface area contributed by atoms with Gasteiger partial charge in [0.25, 0.3) is 5.91 Å². The Kier molecular flexibility index (Phi) is 8.79. The number of halogens is 1. The molecule has 0 aliphatic carbocycles. The lowest BCUT2D eigenvalue weighted by atomic mass is 10.3. The van der Waals surface area contributed by atoms with E-state index in [1.807, 2.05) is 0 Å². The number of amides is 3. The van der Waals surface area contributed by atoms with Crippen molar-refractivity contribution in [1.82, 2.24) is 4.98 Å². The van der Waals surface area contributed by atoms with Gasteiger partial charge in [-0.2, -0.15) is 0 Å². The number of hydrogen-bond donors (Lipinski definition) is 3. The maximum absolute atomic E-state index is 13.5. The van der Waals surface area contributed by atoms with E-state index in [1.165, 1.54) is 48.2 Å². The zero-order valence-electron chi connectivity index (χ0n) is 17.6. The third kappa shape index (κ3) is 8.20. The standard InChI is InChI=1S/C22H21FN4O4S2/c1-14(28)24-15-6-8-16(9-7-15)25-21(30)13-32-11-17-12-33-22(26-17)27-20(29)10-31-19-5-3-2-4-18(19)23/h2-9,12H,10-11,13H2,1H3,(H,24,28)(H,25,30)(H,26,27,29). The van der Waals surface area contributed by atoms with Crippen molar-refractivity contribution in [3.05, 3.63) is 65.4 Å². The molecule has 33 heavy (non-hydrogen) atoms. The van der Waals surface area contributed by atoms with Gasteiger partial charge in [0.15, 0.2) is 23.3 Å². The second kappa shape index (κ2) is 12.0. The molecule has 2 aromatic carbocycles. The van der Waals surface area contributed by atoms with E-state index in [4.69, 9.17) is 4.74 Å². The van der Waals surface area contributed by atoms with E-state index < -0.39 is 11.7 Å². The number of ether oxygens (including phenoxy) is 1. The van der Waals surface area contributed by atoms with Crippen LogP contribution in [0.25, 0.3) is 0 Å². The van der Waals surface area contributed by atoms with Crippen molar-refractivity contribution < 1.29 is 23.5 Å². The fraction of sp³-hybridized carbons (Fsp3) is 0.182. The zero-order valence-corrected chi connectivity index (χ0v) is 19.2. The number of aromatic nitrogens is 1. The van der Waals surface area contributed by atoms with Crippen LogP contribution in [0.4, 0.5) is 20.9 Å². The van der Waals surface area contributed by atoms with E-state index in [0.717, 1.165) is 5.69 Å². The first-order valence-corrected chi connectivity index (χ1v) is 11.8. The van der Waals surface area contributed by atoms with Crippen LogP contribution >= 0.6 is 23.1 Å². The Labute approximate surface area is 197 Å². The van der Waals surface area contributed by atoms with Crippen molar-refractivity contribution in [2.75, 3.05) is 28.3 Å². The average molecular weight is 489 g/mol. The molecule has 172 valence electrons. The number of anilines is 3. The van der Waals surface area contributed by atoms with Gasteiger partial charge in [0, 0.05) is 29.4 Å². The summed E-state index contributed by atoms with van der Waals surface area (Å²) in [7, 11) is 0. The molecule has 0 radical (unpaired) electrons. The highest BCUT2D eigenvalue weighted by Gasteiger charge is 2.10. The van der Waals surface area contributed by atoms with Gasteiger partial charge in [-0.3, -0.25) is 19.7 Å². The van der Waals surface area contributed by atoms with Crippen LogP contribution < -0.4 is 20.7 Å². The summed E-state index contributed by atoms with van der Waals surface area (Å²) >= 11 is 2.64. The molecule has 3 rings (SSSR count). The molecule has 0 saturated heterocycles. The number of carbonyl (C=O) groups excluding carboxylic acids is 3. The molecule has 0 bridgehead atoms. The summed E-state index contributed by atoms with van der Waals surface area (Å²) in [5.74, 6) is -0.590. The van der Waals surface area contributed by atoms with E-state index >= 15 is 0 Å². The van der Waals surface area contributed by atoms with Crippen LogP contribution in [0.1, 0.15) is 12.6 Å². The monoisotopic (exact) mass is 488 g/mol. The van der Waals surface area contributed by atoms with Crippen LogP contribution in [0, 0.1) is 5.82 Å². The first-order chi connectivity index (χ1) is 15.9. The summed E-state index contributed by atoms with van der Waals surface area (Å²) in [6, 6.07) is 12.7. The number of hydrogen-bond acceptors (Lipinski definition) is 7. The first-order valence-electron chi connectivity index (χ1n) is 9.76. The fourth-order valence-electron chi connectivity index (χ4n) is 2.58. The maximum atomic E-state index is 13.5. The summed E-state index contributed by atoms with van der Waals surface area (Å²) in [4.78, 5) is 39.4. The summed E-state index contributed by atoms with van der Waals surface area (Å²) in [6.45, 7) is 1.09. The van der Waals surface area contributed by atoms with Crippen LogP contribution in [0.5, 0.6) is 5.75 Å². The number of nitrogens with one attached hydrogen (secondary N) is 3. The largest absolute Gasteiger partial charge is 0.481 e. The first kappa shape index (κ1) is 24.2. The van der Waals surface area contributed by atoms with Gasteiger partial charge >= 0.3 is 0 Å². The molecular weight excluding hydrogens is 467 g/mol. The number of para-hydroxylation sites is 1. The van der Waals surface area contributed by atoms with Gasteiger partial charge in [-0.15, -0.1) is 23.1 Å². The second-order valence-corrected chi connectivity index (χ2v) is 8.55. The smallest absolute Gasteiger partial charge is 0.264 e. The van der Waals surface area contributed by atoms with Crippen LogP contribution in [0.3, 0.4) is 0 Å². The third-order valence-corrected chi connectivity index (χ3v) is 5.74. The van der Waals surface area contributed by atoms with Crippen molar-refractivity contribution in [3.8, 4) is 5.75 Å². The van der Waals surface area contributed by atoms with Crippen LogP contribution in [0.15, 0.2) is 53.9 Å². The van der Waals surface area contributed by atoms with Gasteiger partial charge < -0.3 is 15.4 Å². The topological polar surface area (TPSA) is 109 Å². The van der Waals surface area contributed by atoms with Crippen molar-refractivity contribution in [2.45, 2.75) is 12.7 Å². The summed E-state index contributed by atoms with van der Waals surface area (Å²) in [5.41, 5.74) is 2.01.